The molecule has 0 fully saturated rings. The molecule has 10 heteroatoms. The molecule has 2 aromatic carbocycles. The van der Waals surface area contributed by atoms with Gasteiger partial charge >= 0.3 is 0 Å². The number of halogens is 2. The number of nitrogens with one attached hydrogen (secondary N) is 2. The lowest BCUT2D eigenvalue weighted by Crippen LogP contribution is -2.27. The zero-order chi connectivity index (χ0) is 21.0. The maximum atomic E-state index is 13.1. The molecule has 0 aliphatic rings. The fourth-order valence-corrected chi connectivity index (χ4v) is 4.71. The summed E-state index contributed by atoms with van der Waals surface area (Å²) in [6, 6.07) is 11.8. The van der Waals surface area contributed by atoms with E-state index in [4.69, 9.17) is 11.6 Å². The highest BCUT2D eigenvalue weighted by molar-refractivity contribution is 7.89. The van der Waals surface area contributed by atoms with Crippen molar-refractivity contribution in [1.82, 2.24) is 9.71 Å². The van der Waals surface area contributed by atoms with Crippen molar-refractivity contribution in [3.8, 4) is 11.3 Å². The summed E-state index contributed by atoms with van der Waals surface area (Å²) < 4.78 is 39.9. The van der Waals surface area contributed by atoms with E-state index in [1.54, 1.807) is 18.2 Å². The van der Waals surface area contributed by atoms with Crippen LogP contribution in [0.25, 0.3) is 11.3 Å². The van der Waals surface area contributed by atoms with E-state index in [0.29, 0.717) is 15.8 Å². The number of anilines is 1. The average molecular weight is 454 g/mol. The van der Waals surface area contributed by atoms with Crippen LogP contribution in [0.3, 0.4) is 0 Å². The molecule has 0 saturated carbocycles. The molecule has 3 aromatic rings. The van der Waals surface area contributed by atoms with E-state index in [2.05, 4.69) is 15.0 Å². The number of carbonyl (C=O) groups is 1. The first-order valence-electron chi connectivity index (χ1n) is 8.53. The first-order chi connectivity index (χ1) is 13.7. The third-order valence-corrected chi connectivity index (χ3v) is 6.49. The van der Waals surface area contributed by atoms with Gasteiger partial charge in [0.1, 0.15) is 5.82 Å². The van der Waals surface area contributed by atoms with Crippen LogP contribution in [0, 0.1) is 12.7 Å². The van der Waals surface area contributed by atoms with Crippen molar-refractivity contribution in [2.45, 2.75) is 18.2 Å². The molecule has 0 aliphatic heterocycles. The summed E-state index contributed by atoms with van der Waals surface area (Å²) in [6.07, 6.45) is -0.0652. The predicted molar refractivity (Wildman–Crippen MR) is 112 cm³/mol. The number of aromatic nitrogens is 1. The molecule has 0 unspecified atom stereocenters. The Labute approximate surface area is 176 Å². The smallest absolute Gasteiger partial charge is 0.240 e. The molecule has 0 saturated heterocycles. The van der Waals surface area contributed by atoms with Crippen LogP contribution in [0.1, 0.15) is 11.3 Å². The number of hydrogen-bond acceptors (Lipinski definition) is 5. The lowest BCUT2D eigenvalue weighted by molar-refractivity contribution is -0.116. The molecular formula is C19H17ClFN3O3S2. The van der Waals surface area contributed by atoms with E-state index in [1.807, 2.05) is 6.92 Å². The van der Waals surface area contributed by atoms with E-state index >= 15 is 0 Å². The molecule has 29 heavy (non-hydrogen) atoms. The maximum absolute atomic E-state index is 13.1. The lowest BCUT2D eigenvalue weighted by atomic mass is 10.1. The summed E-state index contributed by atoms with van der Waals surface area (Å²) in [5.74, 6) is -0.714. The van der Waals surface area contributed by atoms with Crippen molar-refractivity contribution in [2.24, 2.45) is 0 Å². The molecule has 0 atom stereocenters. The molecule has 152 valence electrons. The summed E-state index contributed by atoms with van der Waals surface area (Å²) in [4.78, 5) is 17.4. The van der Waals surface area contributed by atoms with E-state index < -0.39 is 10.0 Å². The van der Waals surface area contributed by atoms with Crippen LogP contribution in [0.5, 0.6) is 0 Å². The van der Waals surface area contributed by atoms with Crippen LogP contribution in [0.4, 0.5) is 9.52 Å². The molecular weight excluding hydrogens is 437 g/mol. The third kappa shape index (κ3) is 5.60. The van der Waals surface area contributed by atoms with E-state index in [0.717, 1.165) is 10.4 Å². The Hall–Kier alpha value is -2.33. The molecule has 6 nitrogen and oxygen atoms in total. The molecule has 2 N–H and O–H groups in total. The van der Waals surface area contributed by atoms with Gasteiger partial charge in [0.25, 0.3) is 0 Å². The molecule has 1 heterocycles. The Morgan fingerprint density at radius 1 is 1.21 bits per heavy atom. The summed E-state index contributed by atoms with van der Waals surface area (Å²) in [5, 5.41) is 3.36. The van der Waals surface area contributed by atoms with E-state index in [1.165, 1.54) is 41.7 Å². The molecule has 3 rings (SSSR count). The highest BCUT2D eigenvalue weighted by Crippen LogP contribution is 2.30. The topological polar surface area (TPSA) is 88.2 Å². The molecule has 0 bridgehead atoms. The Morgan fingerprint density at radius 2 is 1.93 bits per heavy atom. The van der Waals surface area contributed by atoms with Crippen molar-refractivity contribution in [1.29, 1.82) is 0 Å². The molecule has 1 amide bonds. The van der Waals surface area contributed by atoms with Gasteiger partial charge in [-0.3, -0.25) is 4.79 Å². The zero-order valence-electron chi connectivity index (χ0n) is 15.3. The number of thiazole rings is 1. The number of carbonyl (C=O) groups excluding carboxylic acids is 1. The second-order valence-electron chi connectivity index (χ2n) is 6.08. The van der Waals surface area contributed by atoms with Crippen molar-refractivity contribution >= 4 is 44.0 Å². The summed E-state index contributed by atoms with van der Waals surface area (Å²) >= 11 is 7.10. The van der Waals surface area contributed by atoms with Crippen LogP contribution in [0.2, 0.25) is 5.02 Å². The quantitative estimate of drug-likeness (QED) is 0.560. The zero-order valence-corrected chi connectivity index (χ0v) is 17.7. The van der Waals surface area contributed by atoms with Gasteiger partial charge in [0.15, 0.2) is 5.13 Å². The minimum atomic E-state index is -3.75. The van der Waals surface area contributed by atoms with Gasteiger partial charge in [-0.25, -0.2) is 22.5 Å². The first-order valence-corrected chi connectivity index (χ1v) is 11.2. The minimum absolute atomic E-state index is 0.0323. The highest BCUT2D eigenvalue weighted by Gasteiger charge is 2.16. The standard InChI is InChI=1S/C19H17ClFN3O3S2/c1-12-18(13-5-7-15(21)8-6-13)24-19(28-12)23-17(25)9-10-22-29(26,27)16-4-2-3-14(20)11-16/h2-8,11,22H,9-10H2,1H3,(H,23,24,25). The summed E-state index contributed by atoms with van der Waals surface area (Å²) in [5.41, 5.74) is 1.40. The van der Waals surface area contributed by atoms with Gasteiger partial charge in [0.2, 0.25) is 15.9 Å². The van der Waals surface area contributed by atoms with Gasteiger partial charge in [-0.05, 0) is 49.4 Å². The van der Waals surface area contributed by atoms with Gasteiger partial charge in [-0.15, -0.1) is 11.3 Å². The van der Waals surface area contributed by atoms with Crippen LogP contribution in [-0.2, 0) is 14.8 Å². The molecule has 0 spiro atoms. The number of benzene rings is 2. The minimum Gasteiger partial charge on any atom is -0.302 e. The predicted octanol–water partition coefficient (Wildman–Crippen LogP) is 4.22. The second-order valence-corrected chi connectivity index (χ2v) is 9.49. The van der Waals surface area contributed by atoms with Crippen molar-refractivity contribution in [2.75, 3.05) is 11.9 Å². The van der Waals surface area contributed by atoms with Crippen molar-refractivity contribution in [3.05, 3.63) is 64.2 Å². The molecule has 0 aliphatic carbocycles. The average Bonchev–Trinajstić information content (AvgIpc) is 3.02. The number of hydrogen-bond donors (Lipinski definition) is 2. The number of sulfonamides is 1. The number of aryl methyl sites for hydroxylation is 1. The number of amides is 1. The number of nitrogens with zero attached hydrogens (tertiary/aromatic N) is 1. The monoisotopic (exact) mass is 453 g/mol. The Morgan fingerprint density at radius 3 is 2.62 bits per heavy atom. The van der Waals surface area contributed by atoms with Crippen molar-refractivity contribution in [3.63, 3.8) is 0 Å². The third-order valence-electron chi connectivity index (χ3n) is 3.91. The van der Waals surface area contributed by atoms with E-state index in [9.17, 15) is 17.6 Å². The van der Waals surface area contributed by atoms with Crippen LogP contribution in [-0.4, -0.2) is 25.9 Å². The second kappa shape index (κ2) is 9.00. The van der Waals surface area contributed by atoms with Gasteiger partial charge in [-0.1, -0.05) is 17.7 Å². The van der Waals surface area contributed by atoms with E-state index in [-0.39, 0.29) is 29.6 Å². The normalized spacial score (nSPS) is 11.4. The highest BCUT2D eigenvalue weighted by atomic mass is 35.5. The Balaban J connectivity index is 1.57. The lowest BCUT2D eigenvalue weighted by Gasteiger charge is -2.07. The Bertz CT molecular complexity index is 1130. The fourth-order valence-electron chi connectivity index (χ4n) is 2.52. The number of rotatable bonds is 7. The molecule has 0 radical (unpaired) electrons. The SMILES string of the molecule is Cc1sc(NC(=O)CCNS(=O)(=O)c2cccc(Cl)c2)nc1-c1ccc(F)cc1. The fraction of sp³-hybridized carbons (Fsp3) is 0.158. The summed E-state index contributed by atoms with van der Waals surface area (Å²) in [6.45, 7) is 1.78. The Kier molecular flexibility index (Phi) is 6.63. The van der Waals surface area contributed by atoms with Crippen molar-refractivity contribution < 1.29 is 17.6 Å². The first kappa shape index (κ1) is 21.4. The largest absolute Gasteiger partial charge is 0.302 e. The van der Waals surface area contributed by atoms with Gasteiger partial charge in [-0.2, -0.15) is 0 Å². The summed E-state index contributed by atoms with van der Waals surface area (Å²) in [7, 11) is -3.75. The maximum Gasteiger partial charge on any atom is 0.240 e. The van der Waals surface area contributed by atoms with Crippen LogP contribution >= 0.6 is 22.9 Å². The van der Waals surface area contributed by atoms with Gasteiger partial charge in [0, 0.05) is 28.4 Å². The van der Waals surface area contributed by atoms with Gasteiger partial charge < -0.3 is 5.32 Å². The van der Waals surface area contributed by atoms with Crippen LogP contribution in [0.15, 0.2) is 53.4 Å². The van der Waals surface area contributed by atoms with Crippen LogP contribution < -0.4 is 10.0 Å². The van der Waals surface area contributed by atoms with Gasteiger partial charge in [0.05, 0.1) is 10.6 Å². The molecule has 1 aromatic heterocycles.